The Bertz CT molecular complexity index is 1060. The first-order valence-electron chi connectivity index (χ1n) is 8.46. The lowest BCUT2D eigenvalue weighted by Gasteiger charge is -2.36. The van der Waals surface area contributed by atoms with Crippen molar-refractivity contribution in [3.8, 4) is 0 Å². The number of urea groups is 1. The maximum atomic E-state index is 13.5. The van der Waals surface area contributed by atoms with Crippen molar-refractivity contribution >= 4 is 27.6 Å². The van der Waals surface area contributed by atoms with Gasteiger partial charge in [-0.2, -0.15) is 4.31 Å². The van der Waals surface area contributed by atoms with Gasteiger partial charge in [-0.25, -0.2) is 26.9 Å². The van der Waals surface area contributed by atoms with Crippen LogP contribution in [0.4, 0.5) is 19.3 Å². The summed E-state index contributed by atoms with van der Waals surface area (Å²) in [6.07, 6.45) is 0.244. The topological polar surface area (TPSA) is 86.8 Å². The molecule has 0 spiro atoms. The summed E-state index contributed by atoms with van der Waals surface area (Å²) in [6.45, 7) is -0.00252. The molecule has 2 fully saturated rings. The fourth-order valence-corrected chi connectivity index (χ4v) is 5.20. The van der Waals surface area contributed by atoms with E-state index < -0.39 is 45.7 Å². The molecule has 7 nitrogen and oxygen atoms in total. The molecule has 2 aromatic rings. The van der Waals surface area contributed by atoms with Crippen LogP contribution in [0.3, 0.4) is 0 Å². The molecule has 4 rings (SSSR count). The molecule has 0 saturated carbocycles. The van der Waals surface area contributed by atoms with E-state index in [1.807, 2.05) is 0 Å². The number of benzene rings is 2. The Morgan fingerprint density at radius 3 is 2.39 bits per heavy atom. The monoisotopic (exact) mass is 407 g/mol. The molecule has 3 amide bonds. The van der Waals surface area contributed by atoms with Crippen molar-refractivity contribution in [3.63, 3.8) is 0 Å². The maximum absolute atomic E-state index is 13.5. The Morgan fingerprint density at radius 2 is 1.71 bits per heavy atom. The highest BCUT2D eigenvalue weighted by atomic mass is 32.2. The minimum Gasteiger partial charge on any atom is -0.332 e. The lowest BCUT2D eigenvalue weighted by atomic mass is 10.1. The number of carbonyl (C=O) groups is 2. The molecule has 2 aliphatic heterocycles. The number of halogens is 2. The summed E-state index contributed by atoms with van der Waals surface area (Å²) >= 11 is 0. The van der Waals surface area contributed by atoms with E-state index in [2.05, 4.69) is 5.32 Å². The van der Waals surface area contributed by atoms with Crippen LogP contribution in [0.15, 0.2) is 53.4 Å². The molecular formula is C18H15F2N3O4S. The summed E-state index contributed by atoms with van der Waals surface area (Å²) in [4.78, 5) is 26.0. The van der Waals surface area contributed by atoms with E-state index in [0.717, 1.165) is 33.5 Å². The third-order valence-electron chi connectivity index (χ3n) is 4.82. The molecule has 2 unspecified atom stereocenters. The number of anilines is 1. The number of fused-ring (bicyclic) bond motifs is 1. The van der Waals surface area contributed by atoms with Gasteiger partial charge in [-0.15, -0.1) is 0 Å². The van der Waals surface area contributed by atoms with Gasteiger partial charge in [0.15, 0.2) is 0 Å². The zero-order chi connectivity index (χ0) is 20.1. The maximum Gasteiger partial charge on any atom is 0.329 e. The van der Waals surface area contributed by atoms with E-state index in [4.69, 9.17) is 0 Å². The molecule has 146 valence electrons. The second kappa shape index (κ2) is 6.64. The largest absolute Gasteiger partial charge is 0.332 e. The van der Waals surface area contributed by atoms with Crippen molar-refractivity contribution in [1.82, 2.24) is 9.62 Å². The van der Waals surface area contributed by atoms with Crippen LogP contribution in [0.25, 0.3) is 0 Å². The number of nitrogens with one attached hydrogen (secondary N) is 1. The number of rotatable bonds is 3. The summed E-state index contributed by atoms with van der Waals surface area (Å²) in [5.41, 5.74) is 0.123. The first-order valence-corrected chi connectivity index (χ1v) is 9.90. The third kappa shape index (κ3) is 2.94. The Balaban J connectivity index is 1.71. The molecule has 0 bridgehead atoms. The molecule has 2 atom stereocenters. The first-order chi connectivity index (χ1) is 13.3. The second-order valence-electron chi connectivity index (χ2n) is 6.51. The lowest BCUT2D eigenvalue weighted by Crippen LogP contribution is -2.64. The third-order valence-corrected chi connectivity index (χ3v) is 6.70. The van der Waals surface area contributed by atoms with Gasteiger partial charge in [-0.05, 0) is 48.9 Å². The van der Waals surface area contributed by atoms with Crippen LogP contribution in [-0.2, 0) is 14.8 Å². The number of imide groups is 1. The van der Waals surface area contributed by atoms with Gasteiger partial charge < -0.3 is 5.32 Å². The van der Waals surface area contributed by atoms with Gasteiger partial charge in [0.2, 0.25) is 10.0 Å². The molecule has 2 aromatic carbocycles. The number of hydrogen-bond donors (Lipinski definition) is 1. The Hall–Kier alpha value is -2.85. The average Bonchev–Trinajstić information content (AvgIpc) is 3.08. The normalized spacial score (nSPS) is 22.9. The number of sulfonamides is 1. The molecule has 0 aromatic heterocycles. The van der Waals surface area contributed by atoms with Crippen molar-refractivity contribution in [3.05, 3.63) is 60.2 Å². The van der Waals surface area contributed by atoms with E-state index in [1.54, 1.807) is 0 Å². The van der Waals surface area contributed by atoms with Crippen LogP contribution in [0.2, 0.25) is 0 Å². The van der Waals surface area contributed by atoms with Crippen molar-refractivity contribution in [2.75, 3.05) is 11.4 Å². The molecule has 10 heteroatoms. The van der Waals surface area contributed by atoms with E-state index in [9.17, 15) is 26.8 Å². The highest BCUT2D eigenvalue weighted by Gasteiger charge is 2.52. The molecule has 28 heavy (non-hydrogen) atoms. The molecule has 0 radical (unpaired) electrons. The van der Waals surface area contributed by atoms with Gasteiger partial charge in [-0.1, -0.05) is 6.07 Å². The van der Waals surface area contributed by atoms with Crippen molar-refractivity contribution in [2.45, 2.75) is 23.4 Å². The zero-order valence-electron chi connectivity index (χ0n) is 14.4. The highest BCUT2D eigenvalue weighted by Crippen LogP contribution is 2.32. The van der Waals surface area contributed by atoms with Gasteiger partial charge in [0.25, 0.3) is 5.91 Å². The van der Waals surface area contributed by atoms with E-state index in [1.165, 1.54) is 24.3 Å². The van der Waals surface area contributed by atoms with Gasteiger partial charge >= 0.3 is 6.03 Å². The molecular weight excluding hydrogens is 392 g/mol. The van der Waals surface area contributed by atoms with E-state index in [0.29, 0.717) is 0 Å². The van der Waals surface area contributed by atoms with Gasteiger partial charge in [0, 0.05) is 6.54 Å². The smallest absolute Gasteiger partial charge is 0.329 e. The second-order valence-corrected chi connectivity index (χ2v) is 8.40. The minimum atomic E-state index is -4.16. The minimum absolute atomic E-state index is 0.00252. The van der Waals surface area contributed by atoms with E-state index in [-0.39, 0.29) is 23.5 Å². The van der Waals surface area contributed by atoms with Crippen molar-refractivity contribution < 1.29 is 26.8 Å². The lowest BCUT2D eigenvalue weighted by molar-refractivity contribution is -0.122. The average molecular weight is 407 g/mol. The van der Waals surface area contributed by atoms with Gasteiger partial charge in [-0.3, -0.25) is 4.79 Å². The summed E-state index contributed by atoms with van der Waals surface area (Å²) in [5.74, 6) is -1.99. The van der Waals surface area contributed by atoms with Crippen LogP contribution < -0.4 is 10.2 Å². The molecule has 2 saturated heterocycles. The quantitative estimate of drug-likeness (QED) is 0.842. The van der Waals surface area contributed by atoms with Crippen LogP contribution in [-0.4, -0.2) is 43.3 Å². The Labute approximate surface area is 159 Å². The number of nitrogens with zero attached hydrogens (tertiary/aromatic N) is 2. The number of hydrogen-bond acceptors (Lipinski definition) is 4. The zero-order valence-corrected chi connectivity index (χ0v) is 15.2. The number of amides is 3. The predicted octanol–water partition coefficient (Wildman–Crippen LogP) is 1.85. The first kappa shape index (κ1) is 18.5. The molecule has 2 aliphatic rings. The fourth-order valence-electron chi connectivity index (χ4n) is 3.53. The predicted molar refractivity (Wildman–Crippen MR) is 94.9 cm³/mol. The SMILES string of the molecule is O=C1NC2CCN(S(=O)(=O)c3cccc(F)c3)C2C(=O)N1c1ccc(F)cc1. The Kier molecular flexibility index (Phi) is 4.39. The molecule has 1 N–H and O–H groups in total. The van der Waals surface area contributed by atoms with Gasteiger partial charge in [0.1, 0.15) is 17.7 Å². The number of carbonyl (C=O) groups excluding carboxylic acids is 2. The van der Waals surface area contributed by atoms with E-state index >= 15 is 0 Å². The van der Waals surface area contributed by atoms with Crippen molar-refractivity contribution in [2.24, 2.45) is 0 Å². The fraction of sp³-hybridized carbons (Fsp3) is 0.222. The van der Waals surface area contributed by atoms with Crippen molar-refractivity contribution in [1.29, 1.82) is 0 Å². The summed E-state index contributed by atoms with van der Waals surface area (Å²) in [6, 6.07) is 6.65. The Morgan fingerprint density at radius 1 is 1.00 bits per heavy atom. The van der Waals surface area contributed by atoms with Crippen LogP contribution in [0.5, 0.6) is 0 Å². The standard InChI is InChI=1S/C18H15F2N3O4S/c19-11-4-6-13(7-5-11)23-17(24)16-15(21-18(23)25)8-9-22(16)28(26,27)14-3-1-2-12(20)10-14/h1-7,10,15-16H,8-9H2,(H,21,25). The summed E-state index contributed by atoms with van der Waals surface area (Å²) < 4.78 is 53.6. The van der Waals surface area contributed by atoms with Crippen LogP contribution in [0, 0.1) is 11.6 Å². The molecule has 0 aliphatic carbocycles. The highest BCUT2D eigenvalue weighted by molar-refractivity contribution is 7.89. The summed E-state index contributed by atoms with van der Waals surface area (Å²) in [7, 11) is -4.16. The van der Waals surface area contributed by atoms with Crippen LogP contribution >= 0.6 is 0 Å². The van der Waals surface area contributed by atoms with Gasteiger partial charge in [0.05, 0.1) is 16.6 Å². The van der Waals surface area contributed by atoms with Crippen LogP contribution in [0.1, 0.15) is 6.42 Å². The summed E-state index contributed by atoms with van der Waals surface area (Å²) in [5, 5.41) is 2.63. The molecule has 2 heterocycles.